The molecule has 8 heteroatoms. The number of rotatable bonds is 6. The lowest BCUT2D eigenvalue weighted by Gasteiger charge is -2.14. The number of halogens is 1. The summed E-state index contributed by atoms with van der Waals surface area (Å²) in [6.45, 7) is 2.01. The molecule has 0 atom stereocenters. The number of aryl methyl sites for hydroxylation is 1. The van der Waals surface area contributed by atoms with E-state index in [9.17, 15) is 18.8 Å². The predicted molar refractivity (Wildman–Crippen MR) is 119 cm³/mol. The Morgan fingerprint density at radius 3 is 2.31 bits per heavy atom. The highest BCUT2D eigenvalue weighted by Crippen LogP contribution is 2.11. The van der Waals surface area contributed by atoms with Crippen molar-refractivity contribution in [1.29, 1.82) is 0 Å². The van der Waals surface area contributed by atoms with E-state index in [-0.39, 0.29) is 25.5 Å². The lowest BCUT2D eigenvalue weighted by molar-refractivity contribution is -0.121. The van der Waals surface area contributed by atoms with E-state index < -0.39 is 17.0 Å². The average Bonchev–Trinajstić information content (AvgIpc) is 2.80. The van der Waals surface area contributed by atoms with Crippen LogP contribution in [0.5, 0.6) is 0 Å². The van der Waals surface area contributed by atoms with Gasteiger partial charge in [-0.3, -0.25) is 23.5 Å². The van der Waals surface area contributed by atoms with Crippen molar-refractivity contribution in [2.45, 2.75) is 26.6 Å². The lowest BCUT2D eigenvalue weighted by atomic mass is 10.1. The fourth-order valence-corrected chi connectivity index (χ4v) is 3.43. The van der Waals surface area contributed by atoms with E-state index in [4.69, 9.17) is 0 Å². The Morgan fingerprint density at radius 2 is 1.59 bits per heavy atom. The average molecular weight is 432 g/mol. The molecule has 0 radical (unpaired) electrons. The second-order valence-electron chi connectivity index (χ2n) is 7.52. The molecule has 2 aromatic heterocycles. The van der Waals surface area contributed by atoms with Gasteiger partial charge in [-0.1, -0.05) is 42.0 Å². The molecule has 2 aromatic carbocycles. The van der Waals surface area contributed by atoms with Crippen LogP contribution in [0.2, 0.25) is 0 Å². The summed E-state index contributed by atoms with van der Waals surface area (Å²) in [6.07, 6.45) is 1.54. The molecular formula is C24H21FN4O3. The molecule has 4 rings (SSSR count). The summed E-state index contributed by atoms with van der Waals surface area (Å²) in [5.41, 5.74) is 1.83. The molecule has 0 saturated heterocycles. The highest BCUT2D eigenvalue weighted by molar-refractivity contribution is 5.78. The van der Waals surface area contributed by atoms with Gasteiger partial charge in [0, 0.05) is 12.7 Å². The third-order valence-electron chi connectivity index (χ3n) is 5.15. The van der Waals surface area contributed by atoms with Crippen LogP contribution in [0.1, 0.15) is 16.7 Å². The Kier molecular flexibility index (Phi) is 5.93. The van der Waals surface area contributed by atoms with Crippen molar-refractivity contribution in [3.8, 4) is 0 Å². The first-order valence-electron chi connectivity index (χ1n) is 10.1. The number of fused-ring (bicyclic) bond motifs is 1. The summed E-state index contributed by atoms with van der Waals surface area (Å²) in [7, 11) is 0. The molecular weight excluding hydrogens is 411 g/mol. The van der Waals surface area contributed by atoms with Crippen LogP contribution >= 0.6 is 0 Å². The first-order chi connectivity index (χ1) is 15.4. The van der Waals surface area contributed by atoms with Crippen LogP contribution in [0.25, 0.3) is 11.2 Å². The molecule has 0 aliphatic rings. The summed E-state index contributed by atoms with van der Waals surface area (Å²) < 4.78 is 15.5. The normalized spacial score (nSPS) is 10.9. The molecule has 2 heterocycles. The van der Waals surface area contributed by atoms with Crippen molar-refractivity contribution >= 4 is 17.1 Å². The number of hydrogen-bond acceptors (Lipinski definition) is 4. The number of nitrogens with zero attached hydrogens (tertiary/aromatic N) is 3. The van der Waals surface area contributed by atoms with Gasteiger partial charge < -0.3 is 5.32 Å². The number of nitrogens with one attached hydrogen (secondary N) is 1. The summed E-state index contributed by atoms with van der Waals surface area (Å²) in [6, 6.07) is 16.7. The molecule has 0 fully saturated rings. The van der Waals surface area contributed by atoms with Crippen molar-refractivity contribution in [1.82, 2.24) is 19.4 Å². The molecule has 0 unspecified atom stereocenters. The monoisotopic (exact) mass is 432 g/mol. The second kappa shape index (κ2) is 8.97. The van der Waals surface area contributed by atoms with Crippen molar-refractivity contribution in [2.24, 2.45) is 0 Å². The quantitative estimate of drug-likeness (QED) is 0.474. The molecule has 162 valence electrons. The van der Waals surface area contributed by atoms with Gasteiger partial charge in [-0.2, -0.15) is 0 Å². The fraction of sp³-hybridized carbons (Fsp3) is 0.167. The number of pyridine rings is 1. The van der Waals surface area contributed by atoms with Gasteiger partial charge in [-0.05, 0) is 42.3 Å². The second-order valence-corrected chi connectivity index (χ2v) is 7.52. The highest BCUT2D eigenvalue weighted by atomic mass is 19.1. The lowest BCUT2D eigenvalue weighted by Crippen LogP contribution is -2.44. The summed E-state index contributed by atoms with van der Waals surface area (Å²) in [5.74, 6) is -0.811. The van der Waals surface area contributed by atoms with E-state index >= 15 is 0 Å². The van der Waals surface area contributed by atoms with Gasteiger partial charge in [-0.15, -0.1) is 0 Å². The molecule has 0 saturated carbocycles. The zero-order chi connectivity index (χ0) is 22.7. The minimum absolute atomic E-state index is 0.175. The number of benzene rings is 2. The van der Waals surface area contributed by atoms with E-state index in [0.29, 0.717) is 16.7 Å². The Morgan fingerprint density at radius 1 is 0.938 bits per heavy atom. The Balaban J connectivity index is 1.63. The summed E-state index contributed by atoms with van der Waals surface area (Å²) in [4.78, 5) is 42.6. The molecule has 0 spiro atoms. The molecule has 32 heavy (non-hydrogen) atoms. The summed E-state index contributed by atoms with van der Waals surface area (Å²) >= 11 is 0. The van der Waals surface area contributed by atoms with E-state index in [2.05, 4.69) is 10.3 Å². The number of hydrogen-bond donors (Lipinski definition) is 1. The number of carbonyl (C=O) groups is 1. The molecule has 4 aromatic rings. The minimum atomic E-state index is -0.797. The molecule has 1 amide bonds. The Bertz CT molecular complexity index is 1390. The van der Waals surface area contributed by atoms with E-state index in [1.54, 1.807) is 24.3 Å². The van der Waals surface area contributed by atoms with Crippen LogP contribution in [-0.4, -0.2) is 20.0 Å². The van der Waals surface area contributed by atoms with Crippen LogP contribution in [0.3, 0.4) is 0 Å². The van der Waals surface area contributed by atoms with Crippen LogP contribution in [0.15, 0.2) is 76.4 Å². The van der Waals surface area contributed by atoms with Gasteiger partial charge in [0.05, 0.1) is 12.1 Å². The SMILES string of the molecule is Cc1ccc(Cn2c(=O)c(=O)n(CC(=O)NCc3ccc(F)cc3)c3cccnc32)cc1. The highest BCUT2D eigenvalue weighted by Gasteiger charge is 2.16. The smallest absolute Gasteiger partial charge is 0.318 e. The van der Waals surface area contributed by atoms with Crippen LogP contribution in [0.4, 0.5) is 4.39 Å². The standard InChI is InChI=1S/C24H21FN4O3/c1-16-4-6-18(7-5-16)14-29-22-20(3-2-12-26-22)28(23(31)24(29)32)15-21(30)27-13-17-8-10-19(25)11-9-17/h2-12H,13-15H2,1H3,(H,27,30). The number of aromatic nitrogens is 3. The maximum atomic E-state index is 13.0. The van der Waals surface area contributed by atoms with Crippen molar-refractivity contribution in [2.75, 3.05) is 0 Å². The maximum absolute atomic E-state index is 13.0. The van der Waals surface area contributed by atoms with Gasteiger partial charge in [0.2, 0.25) is 5.91 Å². The zero-order valence-corrected chi connectivity index (χ0v) is 17.4. The fourth-order valence-electron chi connectivity index (χ4n) is 3.43. The van der Waals surface area contributed by atoms with Gasteiger partial charge in [0.25, 0.3) is 0 Å². The van der Waals surface area contributed by atoms with Gasteiger partial charge >= 0.3 is 11.1 Å². The number of carbonyl (C=O) groups excluding carboxylic acids is 1. The molecule has 1 N–H and O–H groups in total. The Hall–Kier alpha value is -4.07. The Labute approximate surface area is 182 Å². The van der Waals surface area contributed by atoms with Gasteiger partial charge in [0.15, 0.2) is 5.65 Å². The first-order valence-corrected chi connectivity index (χ1v) is 10.1. The molecule has 7 nitrogen and oxygen atoms in total. The van der Waals surface area contributed by atoms with Crippen LogP contribution < -0.4 is 16.4 Å². The van der Waals surface area contributed by atoms with Crippen molar-refractivity contribution < 1.29 is 9.18 Å². The maximum Gasteiger partial charge on any atom is 0.318 e. The van der Waals surface area contributed by atoms with Crippen molar-refractivity contribution in [3.05, 3.63) is 110 Å². The third kappa shape index (κ3) is 4.49. The van der Waals surface area contributed by atoms with E-state index in [1.165, 1.54) is 22.9 Å². The molecule has 0 aliphatic carbocycles. The van der Waals surface area contributed by atoms with E-state index in [0.717, 1.165) is 15.7 Å². The number of amides is 1. The largest absolute Gasteiger partial charge is 0.350 e. The van der Waals surface area contributed by atoms with Crippen molar-refractivity contribution in [3.63, 3.8) is 0 Å². The topological polar surface area (TPSA) is 86.0 Å². The molecule has 0 aliphatic heterocycles. The van der Waals surface area contributed by atoms with Crippen LogP contribution in [-0.2, 0) is 24.4 Å². The van der Waals surface area contributed by atoms with E-state index in [1.807, 2.05) is 31.2 Å². The van der Waals surface area contributed by atoms with Crippen LogP contribution in [0, 0.1) is 12.7 Å². The summed E-state index contributed by atoms with van der Waals surface area (Å²) in [5, 5.41) is 2.69. The van der Waals surface area contributed by atoms with Gasteiger partial charge in [0.1, 0.15) is 12.4 Å². The molecule has 0 bridgehead atoms. The minimum Gasteiger partial charge on any atom is -0.350 e. The third-order valence-corrected chi connectivity index (χ3v) is 5.15. The predicted octanol–water partition coefficient (Wildman–Crippen LogP) is 2.37. The first kappa shape index (κ1) is 21.2. The van der Waals surface area contributed by atoms with Gasteiger partial charge in [-0.25, -0.2) is 9.37 Å². The zero-order valence-electron chi connectivity index (χ0n) is 17.4.